The van der Waals surface area contributed by atoms with Gasteiger partial charge in [-0.25, -0.2) is 4.79 Å². The van der Waals surface area contributed by atoms with Gasteiger partial charge in [-0.1, -0.05) is 17.7 Å². The average molecular weight is 285 g/mol. The van der Waals surface area contributed by atoms with Crippen LogP contribution >= 0.6 is 0 Å². The van der Waals surface area contributed by atoms with E-state index in [4.69, 9.17) is 5.11 Å². The van der Waals surface area contributed by atoms with E-state index in [-0.39, 0.29) is 29.2 Å². The van der Waals surface area contributed by atoms with Crippen molar-refractivity contribution in [2.24, 2.45) is 11.8 Å². The van der Waals surface area contributed by atoms with Gasteiger partial charge in [0.25, 0.3) is 0 Å². The molecule has 0 unspecified atom stereocenters. The summed E-state index contributed by atoms with van der Waals surface area (Å²) in [4.78, 5) is 37.2. The van der Waals surface area contributed by atoms with Gasteiger partial charge in [0, 0.05) is 0 Å². The van der Waals surface area contributed by atoms with Gasteiger partial charge in [-0.3, -0.25) is 14.5 Å². The van der Waals surface area contributed by atoms with Gasteiger partial charge in [-0.05, 0) is 38.0 Å². The molecular formula is C16H15NO4. The fourth-order valence-corrected chi connectivity index (χ4v) is 3.07. The van der Waals surface area contributed by atoms with Gasteiger partial charge < -0.3 is 5.11 Å². The first-order valence-electron chi connectivity index (χ1n) is 6.86. The van der Waals surface area contributed by atoms with Crippen LogP contribution in [-0.2, 0) is 9.59 Å². The minimum absolute atomic E-state index is 0.0669. The van der Waals surface area contributed by atoms with Gasteiger partial charge in [0.05, 0.1) is 23.1 Å². The first kappa shape index (κ1) is 13.5. The highest BCUT2D eigenvalue weighted by atomic mass is 16.4. The summed E-state index contributed by atoms with van der Waals surface area (Å²) in [7, 11) is 0. The standard InChI is InChI=1S/C16H15NO4/c1-9-5-6-12-13(7-9)15(19)17(14(12)18)11-4-2-3-10(8-11)16(20)21/h2-5,8,12-13H,6-7H2,1H3,(H,20,21)/t12-,13+/m1/s1. The highest BCUT2D eigenvalue weighted by Crippen LogP contribution is 2.39. The molecule has 1 saturated heterocycles. The molecule has 1 aromatic rings. The van der Waals surface area contributed by atoms with Gasteiger partial charge >= 0.3 is 5.97 Å². The first-order valence-corrected chi connectivity index (χ1v) is 6.86. The number of fused-ring (bicyclic) bond motifs is 1. The van der Waals surface area contributed by atoms with Crippen LogP contribution in [0.15, 0.2) is 35.9 Å². The van der Waals surface area contributed by atoms with Crippen LogP contribution in [0, 0.1) is 11.8 Å². The molecule has 108 valence electrons. The molecule has 2 aliphatic rings. The predicted octanol–water partition coefficient (Wildman–Crippen LogP) is 2.23. The van der Waals surface area contributed by atoms with Crippen molar-refractivity contribution < 1.29 is 19.5 Å². The SMILES string of the molecule is CC1=CC[C@H]2C(=O)N(c3cccc(C(=O)O)c3)C(=O)[C@H]2C1. The number of allylic oxidation sites excluding steroid dienone is 2. The van der Waals surface area contributed by atoms with Gasteiger partial charge in [0.15, 0.2) is 0 Å². The fourth-order valence-electron chi connectivity index (χ4n) is 3.07. The zero-order valence-corrected chi connectivity index (χ0v) is 11.6. The lowest BCUT2D eigenvalue weighted by atomic mass is 9.82. The zero-order valence-electron chi connectivity index (χ0n) is 11.6. The van der Waals surface area contributed by atoms with Crippen molar-refractivity contribution in [1.82, 2.24) is 0 Å². The van der Waals surface area contributed by atoms with E-state index in [1.54, 1.807) is 12.1 Å². The van der Waals surface area contributed by atoms with E-state index in [9.17, 15) is 14.4 Å². The van der Waals surface area contributed by atoms with E-state index < -0.39 is 5.97 Å². The van der Waals surface area contributed by atoms with E-state index in [0.717, 1.165) is 10.5 Å². The number of carboxylic acid groups (broad SMARTS) is 1. The molecule has 21 heavy (non-hydrogen) atoms. The highest BCUT2D eigenvalue weighted by Gasteiger charge is 2.48. The Labute approximate surface area is 121 Å². The molecule has 0 bridgehead atoms. The van der Waals surface area contributed by atoms with Crippen LogP contribution in [0.1, 0.15) is 30.1 Å². The van der Waals surface area contributed by atoms with Crippen LogP contribution in [-0.4, -0.2) is 22.9 Å². The number of carbonyl (C=O) groups is 3. The van der Waals surface area contributed by atoms with Crippen molar-refractivity contribution in [3.05, 3.63) is 41.5 Å². The quantitative estimate of drug-likeness (QED) is 0.668. The van der Waals surface area contributed by atoms with Crippen molar-refractivity contribution in [1.29, 1.82) is 0 Å². The Morgan fingerprint density at radius 3 is 2.67 bits per heavy atom. The number of carboxylic acids is 1. The van der Waals surface area contributed by atoms with Gasteiger partial charge in [-0.2, -0.15) is 0 Å². The van der Waals surface area contributed by atoms with Crippen molar-refractivity contribution in [2.75, 3.05) is 4.90 Å². The number of aromatic carboxylic acids is 1. The molecule has 0 radical (unpaired) electrons. The summed E-state index contributed by atoms with van der Waals surface area (Å²) in [6, 6.07) is 5.95. The van der Waals surface area contributed by atoms with Crippen LogP contribution in [0.3, 0.4) is 0 Å². The van der Waals surface area contributed by atoms with Crippen LogP contribution in [0.5, 0.6) is 0 Å². The second kappa shape index (κ2) is 4.84. The molecule has 2 amide bonds. The Bertz CT molecular complexity index is 677. The molecule has 1 aliphatic heterocycles. The number of rotatable bonds is 2. The Balaban J connectivity index is 1.97. The van der Waals surface area contributed by atoms with Crippen LogP contribution < -0.4 is 4.90 Å². The Morgan fingerprint density at radius 1 is 1.24 bits per heavy atom. The summed E-state index contributed by atoms with van der Waals surface area (Å²) in [6.45, 7) is 1.96. The molecule has 1 heterocycles. The minimum Gasteiger partial charge on any atom is -0.478 e. The molecule has 1 aliphatic carbocycles. The maximum absolute atomic E-state index is 12.5. The van der Waals surface area contributed by atoms with Gasteiger partial charge in [-0.15, -0.1) is 0 Å². The predicted molar refractivity (Wildman–Crippen MR) is 75.9 cm³/mol. The smallest absolute Gasteiger partial charge is 0.335 e. The van der Waals surface area contributed by atoms with E-state index in [0.29, 0.717) is 18.5 Å². The third-order valence-corrected chi connectivity index (χ3v) is 4.17. The number of nitrogens with zero attached hydrogens (tertiary/aromatic N) is 1. The number of benzene rings is 1. The lowest BCUT2D eigenvalue weighted by molar-refractivity contribution is -0.122. The molecular weight excluding hydrogens is 270 g/mol. The Kier molecular flexibility index (Phi) is 3.12. The average Bonchev–Trinajstić information content (AvgIpc) is 2.70. The van der Waals surface area contributed by atoms with E-state index in [1.165, 1.54) is 12.1 Å². The summed E-state index contributed by atoms with van der Waals surface area (Å²) in [5.41, 5.74) is 1.53. The molecule has 5 nitrogen and oxygen atoms in total. The maximum Gasteiger partial charge on any atom is 0.335 e. The summed E-state index contributed by atoms with van der Waals surface area (Å²) in [6.07, 6.45) is 3.18. The fraction of sp³-hybridized carbons (Fsp3) is 0.312. The number of carbonyl (C=O) groups excluding carboxylic acids is 2. The topological polar surface area (TPSA) is 74.7 Å². The number of anilines is 1. The monoisotopic (exact) mass is 285 g/mol. The molecule has 5 heteroatoms. The van der Waals surface area contributed by atoms with Crippen molar-refractivity contribution in [3.8, 4) is 0 Å². The molecule has 1 fully saturated rings. The van der Waals surface area contributed by atoms with Gasteiger partial charge in [0.2, 0.25) is 11.8 Å². The first-order chi connectivity index (χ1) is 9.99. The largest absolute Gasteiger partial charge is 0.478 e. The lowest BCUT2D eigenvalue weighted by Gasteiger charge is -2.18. The van der Waals surface area contributed by atoms with E-state index in [1.807, 2.05) is 13.0 Å². The molecule has 0 aromatic heterocycles. The molecule has 1 aromatic carbocycles. The third kappa shape index (κ3) is 2.14. The maximum atomic E-state index is 12.5. The lowest BCUT2D eigenvalue weighted by Crippen LogP contribution is -2.31. The van der Waals surface area contributed by atoms with Crippen LogP contribution in [0.25, 0.3) is 0 Å². The molecule has 3 rings (SSSR count). The molecule has 0 saturated carbocycles. The summed E-state index contributed by atoms with van der Waals surface area (Å²) in [5, 5.41) is 9.03. The van der Waals surface area contributed by atoms with Crippen molar-refractivity contribution in [3.63, 3.8) is 0 Å². The molecule has 1 N–H and O–H groups in total. The number of amides is 2. The summed E-state index contributed by atoms with van der Waals surface area (Å²) in [5.74, 6) is -2.15. The van der Waals surface area contributed by atoms with Crippen molar-refractivity contribution >= 4 is 23.5 Å². The second-order valence-corrected chi connectivity index (χ2v) is 5.57. The summed E-state index contributed by atoms with van der Waals surface area (Å²) >= 11 is 0. The Hall–Kier alpha value is -2.43. The van der Waals surface area contributed by atoms with Gasteiger partial charge in [0.1, 0.15) is 0 Å². The zero-order chi connectivity index (χ0) is 15.1. The summed E-state index contributed by atoms with van der Waals surface area (Å²) < 4.78 is 0. The Morgan fingerprint density at radius 2 is 1.95 bits per heavy atom. The van der Waals surface area contributed by atoms with Crippen molar-refractivity contribution in [2.45, 2.75) is 19.8 Å². The number of imide groups is 1. The number of hydrogen-bond donors (Lipinski definition) is 1. The molecule has 0 spiro atoms. The van der Waals surface area contributed by atoms with Crippen LogP contribution in [0.2, 0.25) is 0 Å². The normalized spacial score (nSPS) is 24.8. The number of hydrogen-bond acceptors (Lipinski definition) is 3. The minimum atomic E-state index is -1.08. The van der Waals surface area contributed by atoms with E-state index >= 15 is 0 Å². The third-order valence-electron chi connectivity index (χ3n) is 4.17. The highest BCUT2D eigenvalue weighted by molar-refractivity contribution is 6.22. The van der Waals surface area contributed by atoms with Crippen LogP contribution in [0.4, 0.5) is 5.69 Å². The molecule has 2 atom stereocenters. The second-order valence-electron chi connectivity index (χ2n) is 5.57. The van der Waals surface area contributed by atoms with E-state index in [2.05, 4.69) is 0 Å².